The van der Waals surface area contributed by atoms with E-state index in [2.05, 4.69) is 24.1 Å². The predicted octanol–water partition coefficient (Wildman–Crippen LogP) is 1.88. The number of nitrogens with one attached hydrogen (secondary N) is 1. The summed E-state index contributed by atoms with van der Waals surface area (Å²) in [6.07, 6.45) is 5.35. The molecule has 18 heavy (non-hydrogen) atoms. The van der Waals surface area contributed by atoms with Crippen molar-refractivity contribution in [3.63, 3.8) is 0 Å². The van der Waals surface area contributed by atoms with Gasteiger partial charge in [-0.3, -0.25) is 0 Å². The molecule has 0 aromatic heterocycles. The third-order valence-corrected chi connectivity index (χ3v) is 4.84. The van der Waals surface area contributed by atoms with E-state index < -0.39 is 0 Å². The maximum absolute atomic E-state index is 5.71. The van der Waals surface area contributed by atoms with Gasteiger partial charge < -0.3 is 15.0 Å². The molecule has 2 heterocycles. The second-order valence-electron chi connectivity index (χ2n) is 7.58. The summed E-state index contributed by atoms with van der Waals surface area (Å²) in [5, 5.41) is 3.73. The minimum Gasteiger partial charge on any atom is -0.381 e. The third-order valence-electron chi connectivity index (χ3n) is 4.84. The molecular weight excluding hydrogens is 224 g/mol. The van der Waals surface area contributed by atoms with E-state index in [1.165, 1.54) is 45.3 Å². The Labute approximate surface area is 111 Å². The van der Waals surface area contributed by atoms with Gasteiger partial charge in [-0.25, -0.2) is 0 Å². The van der Waals surface area contributed by atoms with Crippen molar-refractivity contribution in [1.29, 1.82) is 0 Å². The molecule has 0 bridgehead atoms. The van der Waals surface area contributed by atoms with Crippen molar-refractivity contribution in [3.05, 3.63) is 0 Å². The third kappa shape index (κ3) is 3.06. The van der Waals surface area contributed by atoms with Gasteiger partial charge in [-0.15, -0.1) is 0 Å². The standard InChI is InChI=1S/C15H28N2O/c1-14(2)5-7-17(10-14)11-15(6-8-18-12-15)9-16-13-3-4-13/h13,16H,3-12H2,1-2H3. The summed E-state index contributed by atoms with van der Waals surface area (Å²) < 4.78 is 5.71. The van der Waals surface area contributed by atoms with Crippen molar-refractivity contribution in [3.8, 4) is 0 Å². The van der Waals surface area contributed by atoms with Crippen LogP contribution in [0.3, 0.4) is 0 Å². The Kier molecular flexibility index (Phi) is 3.41. The summed E-state index contributed by atoms with van der Waals surface area (Å²) in [6.45, 7) is 11.6. The van der Waals surface area contributed by atoms with Crippen molar-refractivity contribution < 1.29 is 4.74 Å². The first-order chi connectivity index (χ1) is 8.57. The lowest BCUT2D eigenvalue weighted by atomic mass is 9.86. The number of hydrogen-bond donors (Lipinski definition) is 1. The molecule has 1 N–H and O–H groups in total. The average Bonchev–Trinajstić information content (AvgIpc) is 2.94. The topological polar surface area (TPSA) is 24.5 Å². The summed E-state index contributed by atoms with van der Waals surface area (Å²) in [4.78, 5) is 2.67. The summed E-state index contributed by atoms with van der Waals surface area (Å²) in [6, 6.07) is 0.817. The van der Waals surface area contributed by atoms with E-state index >= 15 is 0 Å². The van der Waals surface area contributed by atoms with E-state index in [0.29, 0.717) is 10.8 Å². The number of ether oxygens (including phenoxy) is 1. The largest absolute Gasteiger partial charge is 0.381 e. The number of rotatable bonds is 5. The molecule has 3 aliphatic rings. The molecule has 0 radical (unpaired) electrons. The van der Waals surface area contributed by atoms with E-state index in [-0.39, 0.29) is 0 Å². The second-order valence-corrected chi connectivity index (χ2v) is 7.58. The van der Waals surface area contributed by atoms with Gasteiger partial charge in [-0.05, 0) is 37.6 Å². The van der Waals surface area contributed by atoms with Gasteiger partial charge in [0, 0.05) is 37.7 Å². The lowest BCUT2D eigenvalue weighted by Gasteiger charge is -2.33. The molecule has 3 fully saturated rings. The minimum atomic E-state index is 0.392. The summed E-state index contributed by atoms with van der Waals surface area (Å²) in [7, 11) is 0. The Balaban J connectivity index is 1.55. The molecule has 1 aliphatic carbocycles. The molecule has 1 saturated carbocycles. The molecule has 2 saturated heterocycles. The molecule has 3 heteroatoms. The highest BCUT2D eigenvalue weighted by Gasteiger charge is 2.40. The lowest BCUT2D eigenvalue weighted by molar-refractivity contribution is 0.114. The molecule has 1 atom stereocenters. The Hall–Kier alpha value is -0.120. The molecule has 0 amide bonds. The van der Waals surface area contributed by atoms with E-state index in [1.54, 1.807) is 0 Å². The van der Waals surface area contributed by atoms with Gasteiger partial charge in [0.05, 0.1) is 6.61 Å². The molecule has 1 unspecified atom stereocenters. The van der Waals surface area contributed by atoms with Crippen molar-refractivity contribution in [2.24, 2.45) is 10.8 Å². The maximum atomic E-state index is 5.71. The van der Waals surface area contributed by atoms with Gasteiger partial charge in [0.2, 0.25) is 0 Å². The highest BCUT2D eigenvalue weighted by molar-refractivity contribution is 4.94. The van der Waals surface area contributed by atoms with E-state index in [4.69, 9.17) is 4.74 Å². The van der Waals surface area contributed by atoms with Crippen molar-refractivity contribution in [1.82, 2.24) is 10.2 Å². The number of hydrogen-bond acceptors (Lipinski definition) is 3. The molecular formula is C15H28N2O. The number of likely N-dealkylation sites (tertiary alicyclic amines) is 1. The van der Waals surface area contributed by atoms with Gasteiger partial charge in [-0.2, -0.15) is 0 Å². The van der Waals surface area contributed by atoms with Gasteiger partial charge in [0.25, 0.3) is 0 Å². The predicted molar refractivity (Wildman–Crippen MR) is 73.7 cm³/mol. The van der Waals surface area contributed by atoms with Gasteiger partial charge in [0.1, 0.15) is 0 Å². The Bertz CT molecular complexity index is 293. The van der Waals surface area contributed by atoms with Gasteiger partial charge >= 0.3 is 0 Å². The molecule has 2 aliphatic heterocycles. The monoisotopic (exact) mass is 252 g/mol. The van der Waals surface area contributed by atoms with Crippen LogP contribution in [0.15, 0.2) is 0 Å². The van der Waals surface area contributed by atoms with Crippen LogP contribution < -0.4 is 5.32 Å². The molecule has 0 aromatic rings. The fraction of sp³-hybridized carbons (Fsp3) is 1.00. The zero-order chi connectivity index (χ0) is 12.6. The highest BCUT2D eigenvalue weighted by atomic mass is 16.5. The van der Waals surface area contributed by atoms with E-state index in [1.807, 2.05) is 0 Å². The van der Waals surface area contributed by atoms with Crippen LogP contribution in [-0.2, 0) is 4.74 Å². The SMILES string of the molecule is CC1(C)CCN(CC2(CNC3CC3)CCOC2)C1. The smallest absolute Gasteiger partial charge is 0.0547 e. The fourth-order valence-electron chi connectivity index (χ4n) is 3.45. The first-order valence-corrected chi connectivity index (χ1v) is 7.61. The lowest BCUT2D eigenvalue weighted by Crippen LogP contribution is -2.45. The summed E-state index contributed by atoms with van der Waals surface area (Å²) in [5.41, 5.74) is 0.910. The average molecular weight is 252 g/mol. The highest BCUT2D eigenvalue weighted by Crippen LogP contribution is 2.35. The molecule has 3 rings (SSSR count). The van der Waals surface area contributed by atoms with Gasteiger partial charge in [0.15, 0.2) is 0 Å². The Morgan fingerprint density at radius 3 is 2.67 bits per heavy atom. The quantitative estimate of drug-likeness (QED) is 0.808. The summed E-state index contributed by atoms with van der Waals surface area (Å²) >= 11 is 0. The van der Waals surface area contributed by atoms with Crippen LogP contribution in [0.2, 0.25) is 0 Å². The first kappa shape index (κ1) is 12.9. The van der Waals surface area contributed by atoms with Crippen LogP contribution in [0.25, 0.3) is 0 Å². The molecule has 104 valence electrons. The maximum Gasteiger partial charge on any atom is 0.0547 e. The summed E-state index contributed by atoms with van der Waals surface area (Å²) in [5.74, 6) is 0. The van der Waals surface area contributed by atoms with Crippen LogP contribution in [0, 0.1) is 10.8 Å². The Morgan fingerprint density at radius 1 is 1.28 bits per heavy atom. The van der Waals surface area contributed by atoms with Gasteiger partial charge in [-0.1, -0.05) is 13.8 Å². The van der Waals surface area contributed by atoms with Crippen molar-refractivity contribution in [2.45, 2.75) is 45.6 Å². The fourth-order valence-corrected chi connectivity index (χ4v) is 3.45. The zero-order valence-electron chi connectivity index (χ0n) is 12.0. The van der Waals surface area contributed by atoms with Crippen LogP contribution >= 0.6 is 0 Å². The van der Waals surface area contributed by atoms with Crippen molar-refractivity contribution >= 4 is 0 Å². The molecule has 0 aromatic carbocycles. The zero-order valence-corrected chi connectivity index (χ0v) is 12.0. The van der Waals surface area contributed by atoms with E-state index in [9.17, 15) is 0 Å². The minimum absolute atomic E-state index is 0.392. The van der Waals surface area contributed by atoms with Crippen LogP contribution in [-0.4, -0.2) is 50.3 Å². The van der Waals surface area contributed by atoms with Crippen LogP contribution in [0.4, 0.5) is 0 Å². The number of nitrogens with zero attached hydrogens (tertiary/aromatic N) is 1. The Morgan fingerprint density at radius 2 is 2.11 bits per heavy atom. The molecule has 3 nitrogen and oxygen atoms in total. The second kappa shape index (κ2) is 4.77. The van der Waals surface area contributed by atoms with Crippen molar-refractivity contribution in [2.75, 3.05) is 39.4 Å². The molecule has 0 spiro atoms. The van der Waals surface area contributed by atoms with Crippen LogP contribution in [0.1, 0.15) is 39.5 Å². The van der Waals surface area contributed by atoms with E-state index in [0.717, 1.165) is 25.8 Å². The van der Waals surface area contributed by atoms with Crippen LogP contribution in [0.5, 0.6) is 0 Å². The first-order valence-electron chi connectivity index (χ1n) is 7.61. The normalized spacial score (nSPS) is 36.3.